The van der Waals surface area contributed by atoms with Crippen LogP contribution in [0.4, 0.5) is 0 Å². The molecular formula is C13H16O3. The summed E-state index contributed by atoms with van der Waals surface area (Å²) in [6.45, 7) is 0.721. The van der Waals surface area contributed by atoms with E-state index in [4.69, 9.17) is 9.47 Å². The van der Waals surface area contributed by atoms with Crippen molar-refractivity contribution in [1.82, 2.24) is 0 Å². The van der Waals surface area contributed by atoms with Gasteiger partial charge in [0.05, 0.1) is 13.7 Å². The number of hydrogen-bond donors (Lipinski definition) is 0. The van der Waals surface area contributed by atoms with Gasteiger partial charge in [-0.2, -0.15) is 0 Å². The third-order valence-electron chi connectivity index (χ3n) is 3.02. The van der Waals surface area contributed by atoms with Gasteiger partial charge in [0.2, 0.25) is 0 Å². The van der Waals surface area contributed by atoms with Gasteiger partial charge < -0.3 is 9.47 Å². The maximum Gasteiger partial charge on any atom is 0.161 e. The second kappa shape index (κ2) is 5.01. The van der Waals surface area contributed by atoms with E-state index in [0.29, 0.717) is 23.0 Å². The lowest BCUT2D eigenvalue weighted by molar-refractivity contribution is 0.112. The van der Waals surface area contributed by atoms with Crippen molar-refractivity contribution in [2.75, 3.05) is 13.7 Å². The van der Waals surface area contributed by atoms with Crippen LogP contribution >= 0.6 is 0 Å². The molecule has 0 heterocycles. The van der Waals surface area contributed by atoms with E-state index in [0.717, 1.165) is 12.9 Å². The fourth-order valence-corrected chi connectivity index (χ4v) is 1.75. The molecular weight excluding hydrogens is 204 g/mol. The maximum atomic E-state index is 10.7. The molecule has 3 nitrogen and oxygen atoms in total. The van der Waals surface area contributed by atoms with E-state index in [9.17, 15) is 4.79 Å². The van der Waals surface area contributed by atoms with E-state index in [1.807, 2.05) is 0 Å². The highest BCUT2D eigenvalue weighted by Crippen LogP contribution is 2.31. The van der Waals surface area contributed by atoms with Gasteiger partial charge >= 0.3 is 0 Å². The molecule has 1 aliphatic rings. The normalized spacial score (nSPS) is 15.3. The summed E-state index contributed by atoms with van der Waals surface area (Å²) >= 11 is 0. The van der Waals surface area contributed by atoms with E-state index in [1.54, 1.807) is 25.3 Å². The molecule has 0 bridgehead atoms. The van der Waals surface area contributed by atoms with Crippen LogP contribution in [-0.4, -0.2) is 20.0 Å². The Morgan fingerprint density at radius 3 is 2.75 bits per heavy atom. The molecule has 0 atom stereocenters. The lowest BCUT2D eigenvalue weighted by Crippen LogP contribution is -2.19. The minimum atomic E-state index is 0.615. The fourth-order valence-electron chi connectivity index (χ4n) is 1.75. The van der Waals surface area contributed by atoms with Crippen molar-refractivity contribution in [1.29, 1.82) is 0 Å². The second-order valence-electron chi connectivity index (χ2n) is 4.14. The number of rotatable bonds is 5. The van der Waals surface area contributed by atoms with Gasteiger partial charge in [0.15, 0.2) is 11.5 Å². The molecule has 16 heavy (non-hydrogen) atoms. The minimum Gasteiger partial charge on any atom is -0.493 e. The van der Waals surface area contributed by atoms with Gasteiger partial charge in [-0.05, 0) is 37.0 Å². The Bertz CT molecular complexity index is 369. The quantitative estimate of drug-likeness (QED) is 0.716. The van der Waals surface area contributed by atoms with Gasteiger partial charge in [0, 0.05) is 5.56 Å². The smallest absolute Gasteiger partial charge is 0.161 e. The summed E-state index contributed by atoms with van der Waals surface area (Å²) in [6, 6.07) is 5.21. The zero-order valence-electron chi connectivity index (χ0n) is 9.44. The molecule has 0 aromatic heterocycles. The van der Waals surface area contributed by atoms with Crippen molar-refractivity contribution in [3.05, 3.63) is 23.8 Å². The van der Waals surface area contributed by atoms with Gasteiger partial charge in [-0.3, -0.25) is 4.79 Å². The molecule has 1 aliphatic carbocycles. The standard InChI is InChI=1S/C13H16O3/c1-15-12-6-5-11(8-14)7-13(12)16-9-10-3-2-4-10/h5-8,10H,2-4,9H2,1H3. The van der Waals surface area contributed by atoms with E-state index in [2.05, 4.69) is 0 Å². The summed E-state index contributed by atoms with van der Waals surface area (Å²) in [4.78, 5) is 10.7. The fraction of sp³-hybridized carbons (Fsp3) is 0.462. The molecule has 1 saturated carbocycles. The number of carbonyl (C=O) groups excluding carboxylic acids is 1. The first kappa shape index (κ1) is 11.0. The van der Waals surface area contributed by atoms with E-state index < -0.39 is 0 Å². The molecule has 2 rings (SSSR count). The van der Waals surface area contributed by atoms with E-state index >= 15 is 0 Å². The van der Waals surface area contributed by atoms with Crippen LogP contribution in [0.2, 0.25) is 0 Å². The first-order chi connectivity index (χ1) is 7.83. The minimum absolute atomic E-state index is 0.615. The Labute approximate surface area is 95.4 Å². The lowest BCUT2D eigenvalue weighted by Gasteiger charge is -2.25. The molecule has 0 radical (unpaired) electrons. The second-order valence-corrected chi connectivity index (χ2v) is 4.14. The molecule has 0 aliphatic heterocycles. The van der Waals surface area contributed by atoms with Gasteiger partial charge in [-0.25, -0.2) is 0 Å². The van der Waals surface area contributed by atoms with E-state index in [-0.39, 0.29) is 0 Å². The van der Waals surface area contributed by atoms with Crippen molar-refractivity contribution in [2.24, 2.45) is 5.92 Å². The largest absolute Gasteiger partial charge is 0.493 e. The molecule has 0 saturated heterocycles. The van der Waals surface area contributed by atoms with Crippen LogP contribution in [0.25, 0.3) is 0 Å². The van der Waals surface area contributed by atoms with Crippen molar-refractivity contribution in [3.8, 4) is 11.5 Å². The Morgan fingerprint density at radius 2 is 2.19 bits per heavy atom. The van der Waals surface area contributed by atoms with Gasteiger partial charge in [0.25, 0.3) is 0 Å². The topological polar surface area (TPSA) is 35.5 Å². The van der Waals surface area contributed by atoms with Crippen LogP contribution in [-0.2, 0) is 0 Å². The van der Waals surface area contributed by atoms with Gasteiger partial charge in [-0.1, -0.05) is 6.42 Å². The van der Waals surface area contributed by atoms with Crippen LogP contribution in [0.3, 0.4) is 0 Å². The van der Waals surface area contributed by atoms with Crippen LogP contribution in [0.5, 0.6) is 11.5 Å². The highest BCUT2D eigenvalue weighted by molar-refractivity contribution is 5.76. The molecule has 0 N–H and O–H groups in total. The summed E-state index contributed by atoms with van der Waals surface area (Å²) in [5.74, 6) is 2.02. The molecule has 86 valence electrons. The average molecular weight is 220 g/mol. The summed E-state index contributed by atoms with van der Waals surface area (Å²) in [7, 11) is 1.60. The van der Waals surface area contributed by atoms with Crippen LogP contribution in [0, 0.1) is 5.92 Å². The Hall–Kier alpha value is -1.51. The summed E-state index contributed by atoms with van der Waals surface area (Å²) in [5, 5.41) is 0. The Balaban J connectivity index is 2.06. The zero-order chi connectivity index (χ0) is 11.4. The molecule has 0 unspecified atom stereocenters. The number of benzene rings is 1. The highest BCUT2D eigenvalue weighted by atomic mass is 16.5. The maximum absolute atomic E-state index is 10.7. The molecule has 1 fully saturated rings. The van der Waals surface area contributed by atoms with Crippen LogP contribution < -0.4 is 9.47 Å². The zero-order valence-corrected chi connectivity index (χ0v) is 9.44. The first-order valence-corrected chi connectivity index (χ1v) is 5.59. The predicted octanol–water partition coefficient (Wildman–Crippen LogP) is 2.69. The predicted molar refractivity (Wildman–Crippen MR) is 61.2 cm³/mol. The van der Waals surface area contributed by atoms with Gasteiger partial charge in [-0.15, -0.1) is 0 Å². The molecule has 3 heteroatoms. The van der Waals surface area contributed by atoms with Crippen molar-refractivity contribution >= 4 is 6.29 Å². The van der Waals surface area contributed by atoms with Crippen molar-refractivity contribution in [2.45, 2.75) is 19.3 Å². The number of ether oxygens (including phenoxy) is 2. The molecule has 0 spiro atoms. The first-order valence-electron chi connectivity index (χ1n) is 5.59. The third-order valence-corrected chi connectivity index (χ3v) is 3.02. The Morgan fingerprint density at radius 1 is 1.38 bits per heavy atom. The number of methoxy groups -OCH3 is 1. The third kappa shape index (κ3) is 2.35. The molecule has 0 amide bonds. The Kier molecular flexibility index (Phi) is 3.44. The van der Waals surface area contributed by atoms with Crippen LogP contribution in [0.1, 0.15) is 29.6 Å². The monoisotopic (exact) mass is 220 g/mol. The number of aldehydes is 1. The van der Waals surface area contributed by atoms with Crippen molar-refractivity contribution in [3.63, 3.8) is 0 Å². The lowest BCUT2D eigenvalue weighted by atomic mass is 9.86. The molecule has 1 aromatic carbocycles. The summed E-state index contributed by atoms with van der Waals surface area (Å²) in [5.41, 5.74) is 0.615. The van der Waals surface area contributed by atoms with Crippen molar-refractivity contribution < 1.29 is 14.3 Å². The number of hydrogen-bond acceptors (Lipinski definition) is 3. The summed E-state index contributed by atoms with van der Waals surface area (Å²) in [6.07, 6.45) is 4.61. The summed E-state index contributed by atoms with van der Waals surface area (Å²) < 4.78 is 10.9. The van der Waals surface area contributed by atoms with E-state index in [1.165, 1.54) is 19.3 Å². The molecule has 1 aromatic rings. The SMILES string of the molecule is COc1ccc(C=O)cc1OCC1CCC1. The number of carbonyl (C=O) groups is 1. The highest BCUT2D eigenvalue weighted by Gasteiger charge is 2.18. The van der Waals surface area contributed by atoms with Gasteiger partial charge in [0.1, 0.15) is 6.29 Å². The average Bonchev–Trinajstić information content (AvgIpc) is 2.26. The van der Waals surface area contributed by atoms with Crippen LogP contribution in [0.15, 0.2) is 18.2 Å².